The summed E-state index contributed by atoms with van der Waals surface area (Å²) >= 11 is 3.41. The molecule has 0 amide bonds. The van der Waals surface area contributed by atoms with Crippen LogP contribution in [-0.4, -0.2) is 27.2 Å². The van der Waals surface area contributed by atoms with Crippen molar-refractivity contribution >= 4 is 39.0 Å². The topological polar surface area (TPSA) is 50.7 Å². The number of aromatic nitrogens is 3. The van der Waals surface area contributed by atoms with E-state index in [1.807, 2.05) is 6.26 Å². The van der Waals surface area contributed by atoms with Crippen molar-refractivity contribution < 1.29 is 0 Å². The lowest BCUT2D eigenvalue weighted by atomic mass is 9.96. The fourth-order valence-electron chi connectivity index (χ4n) is 3.41. The Bertz CT molecular complexity index is 884. The van der Waals surface area contributed by atoms with Crippen LogP contribution in [0.3, 0.4) is 0 Å². The number of benzene rings is 1. The Balaban J connectivity index is 1.63. The second-order valence-electron chi connectivity index (χ2n) is 6.53. The lowest BCUT2D eigenvalue weighted by Gasteiger charge is -2.23. The largest absolute Gasteiger partial charge is 0.373 e. The van der Waals surface area contributed by atoms with Gasteiger partial charge in [-0.05, 0) is 38.2 Å². The molecule has 130 valence electrons. The van der Waals surface area contributed by atoms with Crippen molar-refractivity contribution in [3.05, 3.63) is 30.2 Å². The second-order valence-corrected chi connectivity index (χ2v) is 8.32. The van der Waals surface area contributed by atoms with E-state index in [9.17, 15) is 0 Å². The van der Waals surface area contributed by atoms with Gasteiger partial charge >= 0.3 is 0 Å². The summed E-state index contributed by atoms with van der Waals surface area (Å²) in [4.78, 5) is 13.6. The number of nitrogens with one attached hydrogen (secondary N) is 1. The maximum absolute atomic E-state index is 4.80. The monoisotopic (exact) mass is 370 g/mol. The highest BCUT2D eigenvalue weighted by Crippen LogP contribution is 2.35. The van der Waals surface area contributed by atoms with Gasteiger partial charge in [-0.1, -0.05) is 36.7 Å². The third-order valence-electron chi connectivity index (χ3n) is 4.78. The van der Waals surface area contributed by atoms with Gasteiger partial charge in [0.1, 0.15) is 21.4 Å². The molecule has 4 nitrogen and oxygen atoms in total. The first kappa shape index (κ1) is 16.8. The maximum Gasteiger partial charge on any atom is 0.125 e. The van der Waals surface area contributed by atoms with Crippen LogP contribution >= 0.6 is 23.1 Å². The van der Waals surface area contributed by atoms with Crippen LogP contribution in [0.4, 0.5) is 5.00 Å². The lowest BCUT2D eigenvalue weighted by Crippen LogP contribution is -2.21. The molecular weight excluding hydrogens is 348 g/mol. The van der Waals surface area contributed by atoms with E-state index < -0.39 is 0 Å². The zero-order valence-electron chi connectivity index (χ0n) is 14.6. The summed E-state index contributed by atoms with van der Waals surface area (Å²) in [6.07, 6.45) is 10.3. The molecule has 1 aliphatic rings. The van der Waals surface area contributed by atoms with Crippen LogP contribution in [0.2, 0.25) is 0 Å². The SMILES string of the molecule is CSc1ncnc2cc(-c3nc(C)c(NC4CCCCC4)s3)ccc12. The van der Waals surface area contributed by atoms with Crippen molar-refractivity contribution in [2.24, 2.45) is 0 Å². The quantitative estimate of drug-likeness (QED) is 0.483. The molecule has 25 heavy (non-hydrogen) atoms. The molecule has 1 aliphatic carbocycles. The van der Waals surface area contributed by atoms with Gasteiger partial charge in [0, 0.05) is 17.0 Å². The zero-order chi connectivity index (χ0) is 17.2. The van der Waals surface area contributed by atoms with E-state index in [2.05, 4.69) is 40.4 Å². The van der Waals surface area contributed by atoms with E-state index in [0.717, 1.165) is 32.2 Å². The number of hydrogen-bond donors (Lipinski definition) is 1. The van der Waals surface area contributed by atoms with E-state index >= 15 is 0 Å². The summed E-state index contributed by atoms with van der Waals surface area (Å²) in [6, 6.07) is 6.98. The highest BCUT2D eigenvalue weighted by Gasteiger charge is 2.17. The standard InChI is InChI=1S/C19H22N4S2/c1-12-17(23-14-6-4-3-5-7-14)25-18(22-12)13-8-9-15-16(10-13)20-11-21-19(15)24-2/h8-11,14,23H,3-7H2,1-2H3. The van der Waals surface area contributed by atoms with Gasteiger partial charge in [-0.25, -0.2) is 15.0 Å². The molecule has 3 aromatic rings. The number of aryl methyl sites for hydroxylation is 1. The first-order valence-corrected chi connectivity index (χ1v) is 10.8. The molecule has 1 saturated carbocycles. The van der Waals surface area contributed by atoms with Gasteiger partial charge in [0.2, 0.25) is 0 Å². The van der Waals surface area contributed by atoms with Gasteiger partial charge in [0.25, 0.3) is 0 Å². The van der Waals surface area contributed by atoms with Crippen LogP contribution in [0, 0.1) is 6.92 Å². The minimum Gasteiger partial charge on any atom is -0.373 e. The van der Waals surface area contributed by atoms with Crippen LogP contribution in [0.15, 0.2) is 29.6 Å². The van der Waals surface area contributed by atoms with Crippen molar-refractivity contribution in [1.29, 1.82) is 0 Å². The molecule has 2 aromatic heterocycles. The van der Waals surface area contributed by atoms with E-state index in [1.54, 1.807) is 29.4 Å². The maximum atomic E-state index is 4.80. The fraction of sp³-hybridized carbons (Fsp3) is 0.421. The number of nitrogens with zero attached hydrogens (tertiary/aromatic N) is 3. The van der Waals surface area contributed by atoms with Crippen LogP contribution in [0.5, 0.6) is 0 Å². The number of anilines is 1. The Morgan fingerprint density at radius 2 is 2.00 bits per heavy atom. The van der Waals surface area contributed by atoms with Gasteiger partial charge in [-0.3, -0.25) is 0 Å². The minimum atomic E-state index is 0.606. The van der Waals surface area contributed by atoms with Gasteiger partial charge in [0.15, 0.2) is 0 Å². The summed E-state index contributed by atoms with van der Waals surface area (Å²) in [6.45, 7) is 2.10. The molecule has 0 radical (unpaired) electrons. The van der Waals surface area contributed by atoms with E-state index in [1.165, 1.54) is 37.1 Å². The van der Waals surface area contributed by atoms with Crippen molar-refractivity contribution in [2.75, 3.05) is 11.6 Å². The zero-order valence-corrected chi connectivity index (χ0v) is 16.2. The molecule has 6 heteroatoms. The molecule has 0 unspecified atom stereocenters. The first-order valence-electron chi connectivity index (χ1n) is 8.77. The molecule has 1 N–H and O–H groups in total. The van der Waals surface area contributed by atoms with Crippen LogP contribution in [0.1, 0.15) is 37.8 Å². The molecule has 0 bridgehead atoms. The molecule has 0 saturated heterocycles. The summed E-state index contributed by atoms with van der Waals surface area (Å²) in [5, 5.41) is 8.12. The van der Waals surface area contributed by atoms with Crippen molar-refractivity contribution in [3.8, 4) is 10.6 Å². The van der Waals surface area contributed by atoms with E-state index in [-0.39, 0.29) is 0 Å². The van der Waals surface area contributed by atoms with Gasteiger partial charge in [-0.2, -0.15) is 0 Å². The number of fused-ring (bicyclic) bond motifs is 1. The molecule has 2 heterocycles. The average Bonchev–Trinajstić information content (AvgIpc) is 3.02. The van der Waals surface area contributed by atoms with E-state index in [4.69, 9.17) is 4.98 Å². The van der Waals surface area contributed by atoms with E-state index in [0.29, 0.717) is 6.04 Å². The number of thioether (sulfide) groups is 1. The fourth-order valence-corrected chi connectivity index (χ4v) is 5.00. The molecule has 0 aliphatic heterocycles. The Morgan fingerprint density at radius 3 is 2.80 bits per heavy atom. The van der Waals surface area contributed by atoms with Crippen LogP contribution in [-0.2, 0) is 0 Å². The molecule has 1 aromatic carbocycles. The first-order chi connectivity index (χ1) is 12.2. The number of hydrogen-bond acceptors (Lipinski definition) is 6. The smallest absolute Gasteiger partial charge is 0.125 e. The Labute approximate surface area is 156 Å². The normalized spacial score (nSPS) is 15.6. The molecule has 1 fully saturated rings. The molecule has 0 spiro atoms. The Morgan fingerprint density at radius 1 is 1.16 bits per heavy atom. The van der Waals surface area contributed by atoms with Crippen LogP contribution < -0.4 is 5.32 Å². The Kier molecular flexibility index (Phi) is 4.90. The van der Waals surface area contributed by atoms with Crippen LogP contribution in [0.25, 0.3) is 21.5 Å². The van der Waals surface area contributed by atoms with Crippen molar-refractivity contribution in [3.63, 3.8) is 0 Å². The second kappa shape index (κ2) is 7.30. The number of rotatable bonds is 4. The summed E-state index contributed by atoms with van der Waals surface area (Å²) in [5.74, 6) is 0. The molecule has 0 atom stereocenters. The highest BCUT2D eigenvalue weighted by molar-refractivity contribution is 7.98. The summed E-state index contributed by atoms with van der Waals surface area (Å²) in [7, 11) is 0. The third kappa shape index (κ3) is 3.51. The molecular formula is C19H22N4S2. The molecule has 4 rings (SSSR count). The van der Waals surface area contributed by atoms with Gasteiger partial charge in [-0.15, -0.1) is 11.8 Å². The van der Waals surface area contributed by atoms with Gasteiger partial charge < -0.3 is 5.32 Å². The van der Waals surface area contributed by atoms with Crippen molar-refractivity contribution in [2.45, 2.75) is 50.1 Å². The Hall–Kier alpha value is -1.66. The van der Waals surface area contributed by atoms with Crippen molar-refractivity contribution in [1.82, 2.24) is 15.0 Å². The minimum absolute atomic E-state index is 0.606. The lowest BCUT2D eigenvalue weighted by molar-refractivity contribution is 0.463. The number of thiazole rings is 1. The average molecular weight is 371 g/mol. The predicted octanol–water partition coefficient (Wildman–Crippen LogP) is 5.53. The summed E-state index contributed by atoms with van der Waals surface area (Å²) < 4.78 is 0. The third-order valence-corrected chi connectivity index (χ3v) is 6.63. The highest BCUT2D eigenvalue weighted by atomic mass is 32.2. The summed E-state index contributed by atoms with van der Waals surface area (Å²) in [5.41, 5.74) is 3.20. The predicted molar refractivity (Wildman–Crippen MR) is 108 cm³/mol. The van der Waals surface area contributed by atoms with Gasteiger partial charge in [0.05, 0.1) is 11.2 Å².